The topological polar surface area (TPSA) is 30.0 Å². The van der Waals surface area contributed by atoms with Crippen LogP contribution in [0.3, 0.4) is 0 Å². The maximum Gasteiger partial charge on any atom is 0.169 e. The van der Waals surface area contributed by atoms with E-state index in [9.17, 15) is 4.79 Å². The van der Waals surface area contributed by atoms with E-state index >= 15 is 0 Å². The van der Waals surface area contributed by atoms with Crippen molar-refractivity contribution in [2.45, 2.75) is 32.6 Å². The number of halogens is 2. The van der Waals surface area contributed by atoms with Gasteiger partial charge in [-0.1, -0.05) is 38.4 Å². The highest BCUT2D eigenvalue weighted by Gasteiger charge is 2.18. The number of ketones is 1. The Balaban J connectivity index is 2.15. The molecule has 0 atom stereocenters. The summed E-state index contributed by atoms with van der Waals surface area (Å²) in [6, 6.07) is 5.25. The Morgan fingerprint density at radius 3 is 2.65 bits per heavy atom. The fourth-order valence-corrected chi connectivity index (χ4v) is 3.09. The van der Waals surface area contributed by atoms with E-state index in [1.807, 2.05) is 5.38 Å². The highest BCUT2D eigenvalue weighted by atomic mass is 79.9. The first-order valence-electron chi connectivity index (χ1n) is 6.20. The van der Waals surface area contributed by atoms with Crippen LogP contribution < -0.4 is 0 Å². The minimum atomic E-state index is 0.0126. The number of benzene rings is 1. The second kappa shape index (κ2) is 5.96. The molecule has 106 valence electrons. The first-order chi connectivity index (χ1) is 9.27. The number of rotatable bonds is 3. The van der Waals surface area contributed by atoms with Gasteiger partial charge in [-0.15, -0.1) is 11.3 Å². The number of carbonyl (C=O) groups is 1. The third-order valence-corrected chi connectivity index (χ3v) is 4.95. The molecule has 0 amide bonds. The maximum atomic E-state index is 12.2. The van der Waals surface area contributed by atoms with Gasteiger partial charge < -0.3 is 0 Å². The van der Waals surface area contributed by atoms with Crippen molar-refractivity contribution in [2.24, 2.45) is 0 Å². The molecule has 0 aliphatic heterocycles. The normalized spacial score (nSPS) is 11.7. The zero-order valence-electron chi connectivity index (χ0n) is 11.5. The van der Waals surface area contributed by atoms with Crippen LogP contribution in [0, 0.1) is 0 Å². The van der Waals surface area contributed by atoms with Gasteiger partial charge in [-0.2, -0.15) is 0 Å². The van der Waals surface area contributed by atoms with Gasteiger partial charge in [-0.25, -0.2) is 4.98 Å². The van der Waals surface area contributed by atoms with Crippen LogP contribution in [0.5, 0.6) is 0 Å². The fourth-order valence-electron chi connectivity index (χ4n) is 1.65. The minimum absolute atomic E-state index is 0.0126. The Bertz CT molecular complexity index is 646. The van der Waals surface area contributed by atoms with Crippen molar-refractivity contribution in [3.8, 4) is 0 Å². The highest BCUT2D eigenvalue weighted by molar-refractivity contribution is 9.10. The van der Waals surface area contributed by atoms with E-state index in [0.717, 1.165) is 15.2 Å². The molecule has 2 nitrogen and oxygen atoms in total. The van der Waals surface area contributed by atoms with Crippen LogP contribution in [0.25, 0.3) is 0 Å². The lowest BCUT2D eigenvalue weighted by atomic mass is 9.93. The van der Waals surface area contributed by atoms with E-state index in [4.69, 9.17) is 11.6 Å². The number of aromatic nitrogens is 1. The molecule has 2 aromatic rings. The Morgan fingerprint density at radius 1 is 1.40 bits per heavy atom. The predicted octanol–water partition coefficient (Wildman–Crippen LogP) is 5.28. The standard InChI is InChI=1S/C15H15BrClNOS/c1-15(2,3)13-8-20-14(18-13)7-12(19)9-4-5-10(16)11(17)6-9/h4-6,8H,7H2,1-3H3. The number of thiazole rings is 1. The monoisotopic (exact) mass is 371 g/mol. The van der Waals surface area contributed by atoms with Gasteiger partial charge >= 0.3 is 0 Å². The average Bonchev–Trinajstić information content (AvgIpc) is 2.81. The Kier molecular flexibility index (Phi) is 4.67. The molecule has 1 heterocycles. The smallest absolute Gasteiger partial charge is 0.169 e. The number of hydrogen-bond donors (Lipinski definition) is 0. The van der Waals surface area contributed by atoms with Crippen LogP contribution in [0.15, 0.2) is 28.1 Å². The zero-order chi connectivity index (χ0) is 14.9. The summed E-state index contributed by atoms with van der Waals surface area (Å²) in [5.74, 6) is 0.0363. The van der Waals surface area contributed by atoms with Crippen molar-refractivity contribution >= 4 is 44.7 Å². The highest BCUT2D eigenvalue weighted by Crippen LogP contribution is 2.26. The molecule has 0 aliphatic rings. The molecule has 0 N–H and O–H groups in total. The first kappa shape index (κ1) is 15.7. The molecule has 0 unspecified atom stereocenters. The molecular formula is C15H15BrClNOS. The van der Waals surface area contributed by atoms with Crippen LogP contribution in [0.2, 0.25) is 5.02 Å². The van der Waals surface area contributed by atoms with Crippen molar-refractivity contribution < 1.29 is 4.79 Å². The molecule has 0 bridgehead atoms. The SMILES string of the molecule is CC(C)(C)c1csc(CC(=O)c2ccc(Br)c(Cl)c2)n1. The number of nitrogens with zero attached hydrogens (tertiary/aromatic N) is 1. The van der Waals surface area contributed by atoms with Gasteiger partial charge in [0, 0.05) is 20.8 Å². The molecule has 0 spiro atoms. The summed E-state index contributed by atoms with van der Waals surface area (Å²) >= 11 is 10.9. The van der Waals surface area contributed by atoms with E-state index in [2.05, 4.69) is 41.7 Å². The number of hydrogen-bond acceptors (Lipinski definition) is 3. The molecule has 0 saturated carbocycles. The number of Topliss-reactive ketones (excluding diaryl/α,β-unsaturated/α-hetero) is 1. The molecule has 0 aliphatic carbocycles. The molecule has 0 radical (unpaired) electrons. The molecular weight excluding hydrogens is 358 g/mol. The molecule has 20 heavy (non-hydrogen) atoms. The third-order valence-electron chi connectivity index (χ3n) is 2.87. The van der Waals surface area contributed by atoms with Crippen molar-refractivity contribution in [1.29, 1.82) is 0 Å². The lowest BCUT2D eigenvalue weighted by molar-refractivity contribution is 0.0993. The summed E-state index contributed by atoms with van der Waals surface area (Å²) in [6.07, 6.45) is 0.318. The Hall–Kier alpha value is -0.710. The fraction of sp³-hybridized carbons (Fsp3) is 0.333. The molecule has 5 heteroatoms. The lowest BCUT2D eigenvalue weighted by Gasteiger charge is -2.14. The summed E-state index contributed by atoms with van der Waals surface area (Å²) < 4.78 is 0.792. The molecule has 2 rings (SSSR count). The first-order valence-corrected chi connectivity index (χ1v) is 8.25. The summed E-state index contributed by atoms with van der Waals surface area (Å²) in [4.78, 5) is 16.8. The average molecular weight is 373 g/mol. The quantitative estimate of drug-likeness (QED) is 0.686. The molecule has 1 aromatic heterocycles. The van der Waals surface area contributed by atoms with E-state index < -0.39 is 0 Å². The Morgan fingerprint density at radius 2 is 2.10 bits per heavy atom. The van der Waals surface area contributed by atoms with Crippen LogP contribution >= 0.6 is 38.9 Å². The summed E-state index contributed by atoms with van der Waals surface area (Å²) in [7, 11) is 0. The van der Waals surface area contributed by atoms with E-state index in [1.54, 1.807) is 18.2 Å². The second-order valence-corrected chi connectivity index (χ2v) is 7.81. The predicted molar refractivity (Wildman–Crippen MR) is 88.0 cm³/mol. The van der Waals surface area contributed by atoms with Gasteiger partial charge in [0.05, 0.1) is 17.1 Å². The van der Waals surface area contributed by atoms with Gasteiger partial charge in [0.2, 0.25) is 0 Å². The largest absolute Gasteiger partial charge is 0.294 e. The summed E-state index contributed by atoms with van der Waals surface area (Å²) in [6.45, 7) is 6.34. The van der Waals surface area contributed by atoms with E-state index in [-0.39, 0.29) is 11.2 Å². The summed E-state index contributed by atoms with van der Waals surface area (Å²) in [5.41, 5.74) is 1.66. The number of carbonyl (C=O) groups excluding carboxylic acids is 1. The van der Waals surface area contributed by atoms with Gasteiger partial charge in [-0.05, 0) is 28.1 Å². The maximum absolute atomic E-state index is 12.2. The molecule has 0 fully saturated rings. The zero-order valence-corrected chi connectivity index (χ0v) is 14.7. The van der Waals surface area contributed by atoms with Crippen molar-refractivity contribution in [2.75, 3.05) is 0 Å². The van der Waals surface area contributed by atoms with Crippen LogP contribution in [-0.4, -0.2) is 10.8 Å². The van der Waals surface area contributed by atoms with E-state index in [1.165, 1.54) is 11.3 Å². The van der Waals surface area contributed by atoms with Gasteiger partial charge in [-0.3, -0.25) is 4.79 Å². The van der Waals surface area contributed by atoms with Gasteiger partial charge in [0.25, 0.3) is 0 Å². The molecule has 1 aromatic carbocycles. The Labute approximate surface area is 136 Å². The molecule has 0 saturated heterocycles. The minimum Gasteiger partial charge on any atom is -0.294 e. The van der Waals surface area contributed by atoms with Gasteiger partial charge in [0.1, 0.15) is 5.01 Å². The van der Waals surface area contributed by atoms with Crippen LogP contribution in [0.4, 0.5) is 0 Å². The van der Waals surface area contributed by atoms with Crippen LogP contribution in [0.1, 0.15) is 41.8 Å². The van der Waals surface area contributed by atoms with Crippen molar-refractivity contribution in [1.82, 2.24) is 4.98 Å². The lowest BCUT2D eigenvalue weighted by Crippen LogP contribution is -2.12. The van der Waals surface area contributed by atoms with Crippen molar-refractivity contribution in [3.63, 3.8) is 0 Å². The van der Waals surface area contributed by atoms with Crippen LogP contribution in [-0.2, 0) is 11.8 Å². The third kappa shape index (κ3) is 3.68. The van der Waals surface area contributed by atoms with Gasteiger partial charge in [0.15, 0.2) is 5.78 Å². The van der Waals surface area contributed by atoms with E-state index in [0.29, 0.717) is 17.0 Å². The van der Waals surface area contributed by atoms with Crippen molar-refractivity contribution in [3.05, 3.63) is 49.3 Å². The second-order valence-electron chi connectivity index (χ2n) is 5.61. The summed E-state index contributed by atoms with van der Waals surface area (Å²) in [5, 5.41) is 3.42.